The highest BCUT2D eigenvalue weighted by Gasteiger charge is 2.61. The van der Waals surface area contributed by atoms with E-state index >= 15 is 0 Å². The van der Waals surface area contributed by atoms with Crippen molar-refractivity contribution in [2.24, 2.45) is 34.5 Å². The molecule has 0 saturated heterocycles. The molecule has 30 heavy (non-hydrogen) atoms. The number of benzene rings is 1. The third-order valence-corrected chi connectivity index (χ3v) is 9.85. The lowest BCUT2D eigenvalue weighted by molar-refractivity contribution is -0.159. The molecule has 4 aliphatic carbocycles. The van der Waals surface area contributed by atoms with Gasteiger partial charge in [-0.05, 0) is 85.2 Å². The number of esters is 1. The van der Waals surface area contributed by atoms with E-state index in [-0.39, 0.29) is 17.5 Å². The van der Waals surface area contributed by atoms with Gasteiger partial charge in [-0.2, -0.15) is 0 Å². The van der Waals surface area contributed by atoms with Crippen LogP contribution in [-0.4, -0.2) is 12.1 Å². The number of fused-ring (bicyclic) bond motifs is 5. The number of ether oxygens (including phenoxy) is 1. The summed E-state index contributed by atoms with van der Waals surface area (Å²) < 4.78 is 6.07. The first-order valence-electron chi connectivity index (χ1n) is 12.3. The van der Waals surface area contributed by atoms with Crippen LogP contribution in [0.3, 0.4) is 0 Å². The summed E-state index contributed by atoms with van der Waals surface area (Å²) in [4.78, 5) is 12.1. The van der Waals surface area contributed by atoms with Gasteiger partial charge in [-0.25, -0.2) is 0 Å². The molecule has 1 aromatic rings. The molecule has 0 radical (unpaired) electrons. The van der Waals surface area contributed by atoms with Crippen LogP contribution in [0.15, 0.2) is 35.9 Å². The van der Waals surface area contributed by atoms with Crippen LogP contribution in [0.1, 0.15) is 84.1 Å². The van der Waals surface area contributed by atoms with Gasteiger partial charge < -0.3 is 4.74 Å². The first-order chi connectivity index (χ1) is 14.4. The van der Waals surface area contributed by atoms with Crippen molar-refractivity contribution >= 4 is 12.0 Å². The van der Waals surface area contributed by atoms with Gasteiger partial charge in [0.1, 0.15) is 6.10 Å². The van der Waals surface area contributed by atoms with E-state index in [0.29, 0.717) is 11.3 Å². The predicted molar refractivity (Wildman–Crippen MR) is 122 cm³/mol. The lowest BCUT2D eigenvalue weighted by Crippen LogP contribution is -2.53. The maximum atomic E-state index is 12.1. The van der Waals surface area contributed by atoms with Crippen molar-refractivity contribution in [1.29, 1.82) is 0 Å². The van der Waals surface area contributed by atoms with Gasteiger partial charge in [0.25, 0.3) is 0 Å². The SMILES string of the molecule is CC(=O)OC1C(=Cc2ccccc2)CC2C3CCC4CCCCC4(C)C3CCC12C. The summed E-state index contributed by atoms with van der Waals surface area (Å²) in [6, 6.07) is 10.6. The average molecular weight is 407 g/mol. The van der Waals surface area contributed by atoms with Crippen molar-refractivity contribution in [2.45, 2.75) is 84.7 Å². The van der Waals surface area contributed by atoms with Gasteiger partial charge in [0, 0.05) is 12.3 Å². The molecule has 0 spiro atoms. The molecule has 4 saturated carbocycles. The van der Waals surface area contributed by atoms with Crippen molar-refractivity contribution in [3.8, 4) is 0 Å². The van der Waals surface area contributed by atoms with E-state index in [1.54, 1.807) is 6.92 Å². The molecule has 0 amide bonds. The minimum atomic E-state index is -0.133. The molecule has 7 unspecified atom stereocenters. The van der Waals surface area contributed by atoms with E-state index < -0.39 is 0 Å². The highest BCUT2D eigenvalue weighted by Crippen LogP contribution is 2.67. The summed E-state index contributed by atoms with van der Waals surface area (Å²) in [5, 5.41) is 0. The lowest BCUT2D eigenvalue weighted by atomic mass is 9.45. The monoisotopic (exact) mass is 406 g/mol. The Balaban J connectivity index is 1.50. The fourth-order valence-electron chi connectivity index (χ4n) is 8.41. The zero-order valence-electron chi connectivity index (χ0n) is 19.0. The maximum Gasteiger partial charge on any atom is 0.303 e. The Morgan fingerprint density at radius 3 is 2.53 bits per heavy atom. The number of carbonyl (C=O) groups is 1. The third kappa shape index (κ3) is 3.17. The molecule has 0 aliphatic heterocycles. The summed E-state index contributed by atoms with van der Waals surface area (Å²) in [6.07, 6.45) is 14.4. The van der Waals surface area contributed by atoms with E-state index in [0.717, 1.165) is 24.2 Å². The highest BCUT2D eigenvalue weighted by molar-refractivity contribution is 5.67. The molecule has 7 atom stereocenters. The normalized spacial score (nSPS) is 44.1. The number of hydrogen-bond donors (Lipinski definition) is 0. The Hall–Kier alpha value is -1.57. The first-order valence-corrected chi connectivity index (χ1v) is 12.3. The van der Waals surface area contributed by atoms with Crippen LogP contribution in [0, 0.1) is 34.5 Å². The molecule has 5 rings (SSSR count). The molecule has 0 heterocycles. The van der Waals surface area contributed by atoms with Crippen molar-refractivity contribution < 1.29 is 9.53 Å². The van der Waals surface area contributed by atoms with Gasteiger partial charge >= 0.3 is 5.97 Å². The molecule has 0 bridgehead atoms. The van der Waals surface area contributed by atoms with Crippen LogP contribution in [0.5, 0.6) is 0 Å². The minimum absolute atomic E-state index is 0.0574. The molecular weight excluding hydrogens is 368 g/mol. The summed E-state index contributed by atoms with van der Waals surface area (Å²) in [7, 11) is 0. The Kier molecular flexibility index (Phi) is 5.11. The Morgan fingerprint density at radius 2 is 1.77 bits per heavy atom. The first kappa shape index (κ1) is 20.3. The second kappa shape index (κ2) is 7.53. The standard InChI is InChI=1S/C28H38O2/c1-19(29)30-26-21(17-20-9-5-4-6-10-20)18-25-23-13-12-22-11-7-8-15-27(22,2)24(23)14-16-28(25,26)3/h4-6,9-10,17,22-26H,7-8,11-16,18H2,1-3H3. The summed E-state index contributed by atoms with van der Waals surface area (Å²) >= 11 is 0. The number of hydrogen-bond acceptors (Lipinski definition) is 2. The van der Waals surface area contributed by atoms with Crippen LogP contribution in [-0.2, 0) is 9.53 Å². The molecule has 162 valence electrons. The summed E-state index contributed by atoms with van der Waals surface area (Å²) in [5.74, 6) is 3.12. The van der Waals surface area contributed by atoms with E-state index in [2.05, 4.69) is 50.3 Å². The van der Waals surface area contributed by atoms with Crippen molar-refractivity contribution in [3.05, 3.63) is 41.5 Å². The Bertz CT molecular complexity index is 826. The summed E-state index contributed by atoms with van der Waals surface area (Å²) in [6.45, 7) is 6.65. The minimum Gasteiger partial charge on any atom is -0.457 e. The second-order valence-electron chi connectivity index (χ2n) is 11.3. The van der Waals surface area contributed by atoms with E-state index in [1.165, 1.54) is 62.5 Å². The molecule has 2 heteroatoms. The van der Waals surface area contributed by atoms with Gasteiger partial charge in [0.05, 0.1) is 0 Å². The highest BCUT2D eigenvalue weighted by atomic mass is 16.5. The zero-order chi connectivity index (χ0) is 20.9. The predicted octanol–water partition coefficient (Wildman–Crippen LogP) is 7.04. The van der Waals surface area contributed by atoms with Gasteiger partial charge in [0.2, 0.25) is 0 Å². The fraction of sp³-hybridized carbons (Fsp3) is 0.679. The Morgan fingerprint density at radius 1 is 0.967 bits per heavy atom. The zero-order valence-corrected chi connectivity index (χ0v) is 19.0. The van der Waals surface area contributed by atoms with Gasteiger partial charge in [-0.3, -0.25) is 4.79 Å². The van der Waals surface area contributed by atoms with Crippen molar-refractivity contribution in [1.82, 2.24) is 0 Å². The van der Waals surface area contributed by atoms with Crippen LogP contribution in [0.2, 0.25) is 0 Å². The molecule has 4 fully saturated rings. The molecular formula is C28H38O2. The maximum absolute atomic E-state index is 12.1. The van der Waals surface area contributed by atoms with Crippen LogP contribution in [0.4, 0.5) is 0 Å². The van der Waals surface area contributed by atoms with Crippen LogP contribution in [0.25, 0.3) is 6.08 Å². The topological polar surface area (TPSA) is 26.3 Å². The lowest BCUT2D eigenvalue weighted by Gasteiger charge is -2.60. The number of carbonyl (C=O) groups excluding carboxylic acids is 1. The average Bonchev–Trinajstić information content (AvgIpc) is 3.00. The molecule has 2 nitrogen and oxygen atoms in total. The smallest absolute Gasteiger partial charge is 0.303 e. The molecule has 0 aromatic heterocycles. The Labute approximate surface area is 182 Å². The quantitative estimate of drug-likeness (QED) is 0.492. The van der Waals surface area contributed by atoms with Gasteiger partial charge in [-0.15, -0.1) is 0 Å². The second-order valence-corrected chi connectivity index (χ2v) is 11.3. The van der Waals surface area contributed by atoms with Gasteiger partial charge in [-0.1, -0.05) is 63.1 Å². The van der Waals surface area contributed by atoms with Crippen LogP contribution < -0.4 is 0 Å². The largest absolute Gasteiger partial charge is 0.457 e. The van der Waals surface area contributed by atoms with E-state index in [4.69, 9.17) is 4.74 Å². The fourth-order valence-corrected chi connectivity index (χ4v) is 8.41. The molecule has 0 N–H and O–H groups in total. The van der Waals surface area contributed by atoms with E-state index in [1.807, 2.05) is 0 Å². The number of rotatable bonds is 2. The van der Waals surface area contributed by atoms with Gasteiger partial charge in [0.15, 0.2) is 0 Å². The summed E-state index contributed by atoms with van der Waals surface area (Å²) in [5.41, 5.74) is 3.21. The van der Waals surface area contributed by atoms with E-state index in [9.17, 15) is 4.79 Å². The third-order valence-electron chi connectivity index (χ3n) is 9.85. The van der Waals surface area contributed by atoms with Crippen LogP contribution >= 0.6 is 0 Å². The molecule has 4 aliphatic rings. The van der Waals surface area contributed by atoms with Crippen molar-refractivity contribution in [2.75, 3.05) is 0 Å². The molecule has 1 aromatic carbocycles. The van der Waals surface area contributed by atoms with Crippen molar-refractivity contribution in [3.63, 3.8) is 0 Å².